The Balaban J connectivity index is 4.14. The van der Waals surface area contributed by atoms with Crippen LogP contribution in [-0.4, -0.2) is 23.4 Å². The van der Waals surface area contributed by atoms with Crippen molar-refractivity contribution >= 4 is 11.7 Å². The van der Waals surface area contributed by atoms with Crippen molar-refractivity contribution in [3.63, 3.8) is 0 Å². The van der Waals surface area contributed by atoms with Gasteiger partial charge in [-0.25, -0.2) is 0 Å². The molecule has 0 radical (unpaired) electrons. The number of hydrogen-bond donors (Lipinski definition) is 1. The van der Waals surface area contributed by atoms with Crippen molar-refractivity contribution in [1.82, 2.24) is 0 Å². The first-order valence-corrected chi connectivity index (χ1v) is 5.85. The van der Waals surface area contributed by atoms with Crippen LogP contribution in [0.5, 0.6) is 0 Å². The molecule has 0 aliphatic heterocycles. The molecule has 0 aromatic carbocycles. The SMILES string of the molecule is CCCON=C(CC)CCC(C)(C)C(=O)O. The van der Waals surface area contributed by atoms with E-state index in [9.17, 15) is 4.79 Å². The number of carbonyl (C=O) groups is 1. The molecule has 0 aromatic heterocycles. The van der Waals surface area contributed by atoms with Gasteiger partial charge < -0.3 is 9.94 Å². The van der Waals surface area contributed by atoms with Crippen molar-refractivity contribution in [2.75, 3.05) is 6.61 Å². The highest BCUT2D eigenvalue weighted by atomic mass is 16.6. The second kappa shape index (κ2) is 7.25. The van der Waals surface area contributed by atoms with Gasteiger partial charge in [0.2, 0.25) is 0 Å². The van der Waals surface area contributed by atoms with E-state index in [4.69, 9.17) is 9.94 Å². The van der Waals surface area contributed by atoms with Gasteiger partial charge in [0.25, 0.3) is 0 Å². The van der Waals surface area contributed by atoms with Crippen LogP contribution in [0.25, 0.3) is 0 Å². The van der Waals surface area contributed by atoms with Gasteiger partial charge in [0, 0.05) is 0 Å². The minimum Gasteiger partial charge on any atom is -0.481 e. The molecule has 1 N–H and O–H groups in total. The predicted molar refractivity (Wildman–Crippen MR) is 64.6 cm³/mol. The molecule has 4 heteroatoms. The number of carboxylic acid groups (broad SMARTS) is 1. The minimum absolute atomic E-state index is 0.588. The highest BCUT2D eigenvalue weighted by Gasteiger charge is 2.26. The maximum atomic E-state index is 10.9. The van der Waals surface area contributed by atoms with E-state index in [2.05, 4.69) is 5.16 Å². The number of rotatable bonds is 8. The average molecular weight is 229 g/mol. The fourth-order valence-electron chi connectivity index (χ4n) is 1.08. The Morgan fingerprint density at radius 2 is 2.00 bits per heavy atom. The monoisotopic (exact) mass is 229 g/mol. The second-order valence-corrected chi connectivity index (χ2v) is 4.53. The molecule has 0 saturated heterocycles. The Labute approximate surface area is 97.7 Å². The number of hydrogen-bond acceptors (Lipinski definition) is 3. The van der Waals surface area contributed by atoms with E-state index in [1.807, 2.05) is 13.8 Å². The highest BCUT2D eigenvalue weighted by molar-refractivity contribution is 5.84. The Morgan fingerprint density at radius 3 is 2.44 bits per heavy atom. The molecular formula is C12H23NO3. The van der Waals surface area contributed by atoms with Gasteiger partial charge in [0.1, 0.15) is 6.61 Å². The van der Waals surface area contributed by atoms with Gasteiger partial charge in [-0.3, -0.25) is 4.79 Å². The molecule has 94 valence electrons. The van der Waals surface area contributed by atoms with E-state index < -0.39 is 11.4 Å². The lowest BCUT2D eigenvalue weighted by molar-refractivity contribution is -0.147. The highest BCUT2D eigenvalue weighted by Crippen LogP contribution is 2.23. The zero-order valence-corrected chi connectivity index (χ0v) is 10.7. The molecule has 0 rings (SSSR count). The summed E-state index contributed by atoms with van der Waals surface area (Å²) in [5.74, 6) is -0.766. The lowest BCUT2D eigenvalue weighted by Gasteiger charge is -2.18. The van der Waals surface area contributed by atoms with Crippen LogP contribution in [0.2, 0.25) is 0 Å². The van der Waals surface area contributed by atoms with Gasteiger partial charge in [-0.05, 0) is 39.5 Å². The number of carboxylic acids is 1. The summed E-state index contributed by atoms with van der Waals surface area (Å²) in [6.45, 7) is 8.10. The topological polar surface area (TPSA) is 58.9 Å². The van der Waals surface area contributed by atoms with E-state index in [0.29, 0.717) is 19.4 Å². The molecule has 0 amide bonds. The van der Waals surface area contributed by atoms with Crippen LogP contribution < -0.4 is 0 Å². The number of oxime groups is 1. The van der Waals surface area contributed by atoms with Crippen LogP contribution in [0.15, 0.2) is 5.16 Å². The van der Waals surface area contributed by atoms with Crippen molar-refractivity contribution in [2.45, 2.75) is 53.4 Å². The summed E-state index contributed by atoms with van der Waals surface area (Å²) >= 11 is 0. The summed E-state index contributed by atoms with van der Waals surface area (Å²) in [6, 6.07) is 0. The Kier molecular flexibility index (Phi) is 6.77. The first-order chi connectivity index (χ1) is 7.44. The van der Waals surface area contributed by atoms with E-state index in [1.54, 1.807) is 13.8 Å². The van der Waals surface area contributed by atoms with Gasteiger partial charge in [-0.1, -0.05) is 19.0 Å². The lowest BCUT2D eigenvalue weighted by atomic mass is 9.87. The smallest absolute Gasteiger partial charge is 0.309 e. The molecule has 0 saturated carbocycles. The molecule has 0 aliphatic carbocycles. The van der Waals surface area contributed by atoms with E-state index in [1.165, 1.54) is 0 Å². The molecule has 0 heterocycles. The largest absolute Gasteiger partial charge is 0.481 e. The standard InChI is InChI=1S/C12H23NO3/c1-5-9-16-13-10(6-2)7-8-12(3,4)11(14)15/h5-9H2,1-4H3,(H,14,15). The summed E-state index contributed by atoms with van der Waals surface area (Å²) in [5.41, 5.74) is 0.239. The first kappa shape index (κ1) is 14.9. The second-order valence-electron chi connectivity index (χ2n) is 4.53. The fraction of sp³-hybridized carbons (Fsp3) is 0.833. The average Bonchev–Trinajstić information content (AvgIpc) is 2.23. The summed E-state index contributed by atoms with van der Waals surface area (Å²) in [7, 11) is 0. The van der Waals surface area contributed by atoms with Crippen LogP contribution in [0.4, 0.5) is 0 Å². The minimum atomic E-state index is -0.766. The van der Waals surface area contributed by atoms with Crippen LogP contribution >= 0.6 is 0 Å². The Morgan fingerprint density at radius 1 is 1.38 bits per heavy atom. The predicted octanol–water partition coefficient (Wildman–Crippen LogP) is 3.07. The van der Waals surface area contributed by atoms with E-state index in [-0.39, 0.29) is 0 Å². The van der Waals surface area contributed by atoms with Crippen LogP contribution in [0, 0.1) is 5.41 Å². The first-order valence-electron chi connectivity index (χ1n) is 5.85. The van der Waals surface area contributed by atoms with E-state index in [0.717, 1.165) is 18.6 Å². The van der Waals surface area contributed by atoms with Gasteiger partial charge in [-0.2, -0.15) is 0 Å². The molecule has 0 atom stereocenters. The maximum absolute atomic E-state index is 10.9. The van der Waals surface area contributed by atoms with Crippen LogP contribution in [0.3, 0.4) is 0 Å². The van der Waals surface area contributed by atoms with Crippen molar-refractivity contribution in [3.8, 4) is 0 Å². The van der Waals surface area contributed by atoms with Gasteiger partial charge in [0.15, 0.2) is 0 Å². The van der Waals surface area contributed by atoms with E-state index >= 15 is 0 Å². The Hall–Kier alpha value is -1.06. The van der Waals surface area contributed by atoms with Gasteiger partial charge >= 0.3 is 5.97 Å². The molecule has 0 spiro atoms. The molecular weight excluding hydrogens is 206 g/mol. The maximum Gasteiger partial charge on any atom is 0.309 e. The molecule has 4 nitrogen and oxygen atoms in total. The lowest BCUT2D eigenvalue weighted by Crippen LogP contribution is -2.24. The zero-order chi connectivity index (χ0) is 12.6. The molecule has 0 aliphatic rings. The van der Waals surface area contributed by atoms with Crippen molar-refractivity contribution in [2.24, 2.45) is 10.6 Å². The molecule has 0 bridgehead atoms. The van der Waals surface area contributed by atoms with Crippen molar-refractivity contribution in [3.05, 3.63) is 0 Å². The fourth-order valence-corrected chi connectivity index (χ4v) is 1.08. The zero-order valence-electron chi connectivity index (χ0n) is 10.7. The third-order valence-corrected chi connectivity index (χ3v) is 2.51. The third kappa shape index (κ3) is 5.73. The summed E-state index contributed by atoms with van der Waals surface area (Å²) < 4.78 is 0. The van der Waals surface area contributed by atoms with Crippen LogP contribution in [0.1, 0.15) is 53.4 Å². The molecule has 0 fully saturated rings. The van der Waals surface area contributed by atoms with Crippen LogP contribution in [-0.2, 0) is 9.63 Å². The molecule has 0 aromatic rings. The third-order valence-electron chi connectivity index (χ3n) is 2.51. The quantitative estimate of drug-likeness (QED) is 0.395. The molecule has 16 heavy (non-hydrogen) atoms. The van der Waals surface area contributed by atoms with Crippen molar-refractivity contribution < 1.29 is 14.7 Å². The van der Waals surface area contributed by atoms with Crippen molar-refractivity contribution in [1.29, 1.82) is 0 Å². The normalized spacial score (nSPS) is 12.6. The summed E-state index contributed by atoms with van der Waals surface area (Å²) in [6.07, 6.45) is 3.00. The number of aliphatic carboxylic acids is 1. The van der Waals surface area contributed by atoms with Gasteiger partial charge in [0.05, 0.1) is 11.1 Å². The molecule has 0 unspecified atom stereocenters. The Bertz CT molecular complexity index is 247. The van der Waals surface area contributed by atoms with Gasteiger partial charge in [-0.15, -0.1) is 0 Å². The summed E-state index contributed by atoms with van der Waals surface area (Å²) in [4.78, 5) is 16.0. The number of nitrogens with zero attached hydrogens (tertiary/aromatic N) is 1. The summed E-state index contributed by atoms with van der Waals surface area (Å²) in [5, 5.41) is 13.0.